The van der Waals surface area contributed by atoms with Crippen molar-refractivity contribution in [3.63, 3.8) is 0 Å². The topological polar surface area (TPSA) is 75.8 Å². The van der Waals surface area contributed by atoms with Gasteiger partial charge in [0.05, 0.1) is 25.2 Å². The van der Waals surface area contributed by atoms with Crippen molar-refractivity contribution in [2.75, 3.05) is 12.0 Å². The van der Waals surface area contributed by atoms with Gasteiger partial charge in [-0.05, 0) is 65.9 Å². The summed E-state index contributed by atoms with van der Waals surface area (Å²) in [6, 6.07) is 21.1. The molecule has 0 aliphatic carbocycles. The Kier molecular flexibility index (Phi) is 6.53. The van der Waals surface area contributed by atoms with E-state index in [2.05, 4.69) is 0 Å². The average molecular weight is 435 g/mol. The van der Waals surface area contributed by atoms with Crippen LogP contribution in [-0.2, 0) is 11.3 Å². The minimum atomic E-state index is -0.752. The van der Waals surface area contributed by atoms with E-state index in [0.29, 0.717) is 24.9 Å². The first-order chi connectivity index (χ1) is 15.5. The van der Waals surface area contributed by atoms with Gasteiger partial charge >= 0.3 is 0 Å². The van der Waals surface area contributed by atoms with Crippen LogP contribution in [0.2, 0.25) is 0 Å². The highest BCUT2D eigenvalue weighted by Gasteiger charge is 2.48. The van der Waals surface area contributed by atoms with E-state index in [9.17, 15) is 14.3 Å². The molecular formula is C26H27FN2O3. The fraction of sp³-hybridized carbons (Fsp3) is 0.269. The molecule has 1 aliphatic rings. The van der Waals surface area contributed by atoms with Crippen molar-refractivity contribution < 1.29 is 19.0 Å². The molecular weight excluding hydrogens is 407 g/mol. The zero-order valence-corrected chi connectivity index (χ0v) is 17.9. The summed E-state index contributed by atoms with van der Waals surface area (Å²) in [5, 5.41) is 10.6. The van der Waals surface area contributed by atoms with Crippen molar-refractivity contribution in [1.82, 2.24) is 0 Å². The molecule has 1 saturated heterocycles. The maximum Gasteiger partial charge on any atom is 0.233 e. The Bertz CT molecular complexity index is 1050. The van der Waals surface area contributed by atoms with Gasteiger partial charge in [0, 0.05) is 12.2 Å². The largest absolute Gasteiger partial charge is 0.497 e. The number of carbonyl (C=O) groups excluding carboxylic acids is 1. The smallest absolute Gasteiger partial charge is 0.233 e. The summed E-state index contributed by atoms with van der Waals surface area (Å²) >= 11 is 0. The number of aliphatic hydroxyl groups is 1. The normalized spacial score (nSPS) is 18.9. The molecule has 3 atom stereocenters. The Balaban J connectivity index is 1.55. The minimum Gasteiger partial charge on any atom is -0.497 e. The van der Waals surface area contributed by atoms with E-state index in [4.69, 9.17) is 10.5 Å². The monoisotopic (exact) mass is 434 g/mol. The van der Waals surface area contributed by atoms with Crippen LogP contribution >= 0.6 is 0 Å². The predicted molar refractivity (Wildman–Crippen MR) is 122 cm³/mol. The number of β-lactam (4-membered cyclic amide) rings is 1. The number of carbonyl (C=O) groups is 1. The first kappa shape index (κ1) is 22.0. The zero-order valence-electron chi connectivity index (χ0n) is 17.9. The van der Waals surface area contributed by atoms with E-state index in [0.717, 1.165) is 22.6 Å². The van der Waals surface area contributed by atoms with Crippen LogP contribution in [0.5, 0.6) is 5.75 Å². The third-order valence-electron chi connectivity index (χ3n) is 6.13. The summed E-state index contributed by atoms with van der Waals surface area (Å²) < 4.78 is 18.4. The van der Waals surface area contributed by atoms with Crippen LogP contribution in [0.3, 0.4) is 0 Å². The molecule has 166 valence electrons. The lowest BCUT2D eigenvalue weighted by Gasteiger charge is -2.48. The van der Waals surface area contributed by atoms with Crippen LogP contribution in [0.1, 0.15) is 41.7 Å². The molecule has 4 rings (SSSR count). The summed E-state index contributed by atoms with van der Waals surface area (Å²) in [6.07, 6.45) is 0.179. The van der Waals surface area contributed by atoms with E-state index in [1.54, 1.807) is 24.1 Å². The standard InChI is InChI=1S/C26H27FN2O3/c1-32-22-12-6-19(7-13-22)25-23(14-15-24(30)18-4-8-20(27)9-5-18)26(31)29(25)21-10-2-17(16-28)3-11-21/h2-13,23-25,30H,14-16,28H2,1H3/t23?,24-,25+/m0/s1. The summed E-state index contributed by atoms with van der Waals surface area (Å²) in [6.45, 7) is 0.444. The van der Waals surface area contributed by atoms with Crippen LogP contribution in [0.4, 0.5) is 10.1 Å². The third-order valence-corrected chi connectivity index (χ3v) is 6.13. The molecule has 3 aromatic rings. The van der Waals surface area contributed by atoms with Crippen LogP contribution in [0.25, 0.3) is 0 Å². The number of methoxy groups -OCH3 is 1. The number of anilines is 1. The lowest BCUT2D eigenvalue weighted by molar-refractivity contribution is -0.131. The van der Waals surface area contributed by atoms with E-state index in [-0.39, 0.29) is 23.7 Å². The highest BCUT2D eigenvalue weighted by atomic mass is 19.1. The molecule has 0 radical (unpaired) electrons. The third kappa shape index (κ3) is 4.38. The first-order valence-electron chi connectivity index (χ1n) is 10.7. The number of nitrogens with zero attached hydrogens (tertiary/aromatic N) is 1. The van der Waals surface area contributed by atoms with Crippen LogP contribution in [-0.4, -0.2) is 18.1 Å². The van der Waals surface area contributed by atoms with Gasteiger partial charge in [-0.1, -0.05) is 36.4 Å². The molecule has 1 fully saturated rings. The second kappa shape index (κ2) is 9.51. The van der Waals surface area contributed by atoms with Crippen molar-refractivity contribution in [3.8, 4) is 5.75 Å². The molecule has 0 spiro atoms. The number of benzene rings is 3. The Morgan fingerprint density at radius 1 is 1.03 bits per heavy atom. The Morgan fingerprint density at radius 3 is 2.28 bits per heavy atom. The van der Waals surface area contributed by atoms with Gasteiger partial charge in [0.15, 0.2) is 0 Å². The quantitative estimate of drug-likeness (QED) is 0.512. The Labute approximate surface area is 187 Å². The van der Waals surface area contributed by atoms with Crippen molar-refractivity contribution in [2.45, 2.75) is 31.5 Å². The van der Waals surface area contributed by atoms with Crippen LogP contribution < -0.4 is 15.4 Å². The molecule has 0 aromatic heterocycles. The van der Waals surface area contributed by atoms with Crippen LogP contribution in [0, 0.1) is 11.7 Å². The molecule has 1 amide bonds. The van der Waals surface area contributed by atoms with Crippen molar-refractivity contribution >= 4 is 11.6 Å². The molecule has 3 N–H and O–H groups in total. The second-order valence-corrected chi connectivity index (χ2v) is 8.05. The minimum absolute atomic E-state index is 0.0256. The van der Waals surface area contributed by atoms with Gasteiger partial charge in [-0.3, -0.25) is 4.79 Å². The second-order valence-electron chi connectivity index (χ2n) is 8.05. The van der Waals surface area contributed by atoms with Gasteiger partial charge in [-0.25, -0.2) is 4.39 Å². The van der Waals surface area contributed by atoms with Crippen molar-refractivity contribution in [1.29, 1.82) is 0 Å². The van der Waals surface area contributed by atoms with E-state index in [1.165, 1.54) is 12.1 Å². The molecule has 3 aromatic carbocycles. The van der Waals surface area contributed by atoms with Crippen molar-refractivity contribution in [2.24, 2.45) is 11.7 Å². The fourth-order valence-electron chi connectivity index (χ4n) is 4.28. The van der Waals surface area contributed by atoms with E-state index >= 15 is 0 Å². The summed E-state index contributed by atoms with van der Waals surface area (Å²) in [5.41, 5.74) is 9.18. The molecule has 0 saturated carbocycles. The van der Waals surface area contributed by atoms with E-state index < -0.39 is 6.10 Å². The Hall–Kier alpha value is -3.22. The maximum absolute atomic E-state index is 13.2. The number of rotatable bonds is 8. The molecule has 1 unspecified atom stereocenters. The SMILES string of the molecule is COc1ccc([C@@H]2C(CC[C@H](O)c3ccc(F)cc3)C(=O)N2c2ccc(CN)cc2)cc1. The molecule has 32 heavy (non-hydrogen) atoms. The number of halogens is 1. The number of hydrogen-bond donors (Lipinski definition) is 2. The number of aliphatic hydroxyl groups excluding tert-OH is 1. The van der Waals surface area contributed by atoms with Crippen molar-refractivity contribution in [3.05, 3.63) is 95.3 Å². The van der Waals surface area contributed by atoms with Gasteiger partial charge in [0.1, 0.15) is 11.6 Å². The lowest BCUT2D eigenvalue weighted by Crippen LogP contribution is -2.55. The van der Waals surface area contributed by atoms with Gasteiger partial charge < -0.3 is 20.5 Å². The first-order valence-corrected chi connectivity index (χ1v) is 10.7. The summed E-state index contributed by atoms with van der Waals surface area (Å²) in [7, 11) is 1.62. The van der Waals surface area contributed by atoms with Gasteiger partial charge in [-0.2, -0.15) is 0 Å². The number of hydrogen-bond acceptors (Lipinski definition) is 4. The van der Waals surface area contributed by atoms with E-state index in [1.807, 2.05) is 48.5 Å². The molecule has 0 bridgehead atoms. The molecule has 1 aliphatic heterocycles. The van der Waals surface area contributed by atoms with Gasteiger partial charge in [-0.15, -0.1) is 0 Å². The highest BCUT2D eigenvalue weighted by Crippen LogP contribution is 2.46. The average Bonchev–Trinajstić information content (AvgIpc) is 2.83. The van der Waals surface area contributed by atoms with Crippen LogP contribution in [0.15, 0.2) is 72.8 Å². The number of amides is 1. The number of nitrogens with two attached hydrogens (primary N) is 1. The number of ether oxygens (including phenoxy) is 1. The summed E-state index contributed by atoms with van der Waals surface area (Å²) in [5.74, 6) is 0.179. The maximum atomic E-state index is 13.2. The zero-order chi connectivity index (χ0) is 22.7. The lowest BCUT2D eigenvalue weighted by atomic mass is 9.78. The molecule has 6 heteroatoms. The molecule has 5 nitrogen and oxygen atoms in total. The van der Waals surface area contributed by atoms with Gasteiger partial charge in [0.2, 0.25) is 5.91 Å². The predicted octanol–water partition coefficient (Wildman–Crippen LogP) is 4.51. The van der Waals surface area contributed by atoms with Gasteiger partial charge in [0.25, 0.3) is 0 Å². The Morgan fingerprint density at radius 2 is 1.69 bits per heavy atom. The molecule has 1 heterocycles. The summed E-state index contributed by atoms with van der Waals surface area (Å²) in [4.78, 5) is 15.0. The highest BCUT2D eigenvalue weighted by molar-refractivity contribution is 6.03. The fourth-order valence-corrected chi connectivity index (χ4v) is 4.28.